The van der Waals surface area contributed by atoms with Crippen molar-refractivity contribution in [3.05, 3.63) is 63.6 Å². The molecule has 0 saturated carbocycles. The summed E-state index contributed by atoms with van der Waals surface area (Å²) < 4.78 is 4.82. The zero-order chi connectivity index (χ0) is 22.3. The summed E-state index contributed by atoms with van der Waals surface area (Å²) >= 11 is 11.6. The van der Waals surface area contributed by atoms with Gasteiger partial charge in [0, 0.05) is 30.9 Å². The second-order valence-electron chi connectivity index (χ2n) is 6.30. The molecule has 0 fully saturated rings. The second kappa shape index (κ2) is 10.6. The molecule has 0 aliphatic carbocycles. The van der Waals surface area contributed by atoms with E-state index in [0.29, 0.717) is 16.3 Å². The molecule has 0 bridgehead atoms. The lowest BCUT2D eigenvalue weighted by Crippen LogP contribution is -2.32. The first kappa shape index (κ1) is 23.2. The van der Waals surface area contributed by atoms with Crippen LogP contribution in [0, 0.1) is 0 Å². The van der Waals surface area contributed by atoms with Crippen molar-refractivity contribution in [3.8, 4) is 0 Å². The zero-order valence-corrected chi connectivity index (χ0v) is 17.7. The number of rotatable bonds is 7. The molecule has 2 aromatic rings. The molecule has 2 rings (SSSR count). The fourth-order valence-corrected chi connectivity index (χ4v) is 2.54. The molecule has 3 amide bonds. The monoisotopic (exact) mass is 451 g/mol. The van der Waals surface area contributed by atoms with Crippen molar-refractivity contribution in [2.24, 2.45) is 0 Å². The molecule has 0 saturated heterocycles. The second-order valence-corrected chi connectivity index (χ2v) is 7.11. The standard InChI is InChI=1S/C20H19Cl2N3O5/c1-25(2)20(29)12-3-6-14(7-4-12)24-17(26)11-30-18(27)10-23-19(28)13-5-8-15(21)16(22)9-13/h3-9H,10-11H2,1-2H3,(H,23,28)(H,24,26). The van der Waals surface area contributed by atoms with Crippen LogP contribution in [0.4, 0.5) is 5.69 Å². The number of nitrogens with zero attached hydrogens (tertiary/aromatic N) is 1. The lowest BCUT2D eigenvalue weighted by molar-refractivity contribution is -0.146. The molecule has 0 aliphatic rings. The SMILES string of the molecule is CN(C)C(=O)c1ccc(NC(=O)COC(=O)CNC(=O)c2ccc(Cl)c(Cl)c2)cc1. The molecule has 30 heavy (non-hydrogen) atoms. The van der Waals surface area contributed by atoms with Gasteiger partial charge in [0.2, 0.25) is 0 Å². The van der Waals surface area contributed by atoms with E-state index in [1.165, 1.54) is 23.1 Å². The first-order chi connectivity index (χ1) is 14.2. The lowest BCUT2D eigenvalue weighted by Gasteiger charge is -2.11. The fraction of sp³-hybridized carbons (Fsp3) is 0.200. The number of nitrogens with one attached hydrogen (secondary N) is 2. The highest BCUT2D eigenvalue weighted by Gasteiger charge is 2.13. The summed E-state index contributed by atoms with van der Waals surface area (Å²) in [6.07, 6.45) is 0. The third-order valence-electron chi connectivity index (χ3n) is 3.76. The van der Waals surface area contributed by atoms with Gasteiger partial charge >= 0.3 is 5.97 Å². The quantitative estimate of drug-likeness (QED) is 0.629. The number of halogens is 2. The summed E-state index contributed by atoms with van der Waals surface area (Å²) in [6, 6.07) is 10.6. The zero-order valence-electron chi connectivity index (χ0n) is 16.2. The highest BCUT2D eigenvalue weighted by Crippen LogP contribution is 2.22. The Morgan fingerprint density at radius 2 is 1.57 bits per heavy atom. The minimum Gasteiger partial charge on any atom is -0.454 e. The van der Waals surface area contributed by atoms with Gasteiger partial charge in [0.15, 0.2) is 6.61 Å². The minimum atomic E-state index is -0.787. The predicted octanol–water partition coefficient (Wildman–Crippen LogP) is 2.61. The van der Waals surface area contributed by atoms with Crippen molar-refractivity contribution in [2.45, 2.75) is 0 Å². The molecule has 0 atom stereocenters. The Hall–Kier alpha value is -3.10. The van der Waals surface area contributed by atoms with Crippen LogP contribution in [0.5, 0.6) is 0 Å². The molecule has 0 aromatic heterocycles. The predicted molar refractivity (Wildman–Crippen MR) is 113 cm³/mol. The van der Waals surface area contributed by atoms with E-state index in [-0.39, 0.29) is 16.5 Å². The number of benzene rings is 2. The van der Waals surface area contributed by atoms with Crippen LogP contribution in [0.2, 0.25) is 10.0 Å². The van der Waals surface area contributed by atoms with Crippen molar-refractivity contribution in [2.75, 3.05) is 32.6 Å². The largest absolute Gasteiger partial charge is 0.454 e. The van der Waals surface area contributed by atoms with Crippen molar-refractivity contribution in [3.63, 3.8) is 0 Å². The molecule has 158 valence electrons. The summed E-state index contributed by atoms with van der Waals surface area (Å²) in [6.45, 7) is -0.951. The van der Waals surface area contributed by atoms with Crippen LogP contribution in [0.25, 0.3) is 0 Å². The molecule has 0 unspecified atom stereocenters. The summed E-state index contributed by atoms with van der Waals surface area (Å²) in [5.74, 6) is -2.05. The molecular weight excluding hydrogens is 433 g/mol. The molecule has 0 heterocycles. The number of hydrogen-bond acceptors (Lipinski definition) is 5. The van der Waals surface area contributed by atoms with Crippen molar-refractivity contribution in [1.82, 2.24) is 10.2 Å². The van der Waals surface area contributed by atoms with Crippen molar-refractivity contribution in [1.29, 1.82) is 0 Å². The number of carbonyl (C=O) groups is 4. The Kier molecular flexibility index (Phi) is 8.20. The van der Waals surface area contributed by atoms with Gasteiger partial charge in [-0.1, -0.05) is 23.2 Å². The first-order valence-electron chi connectivity index (χ1n) is 8.68. The summed E-state index contributed by atoms with van der Waals surface area (Å²) in [5.41, 5.74) is 1.15. The number of hydrogen-bond donors (Lipinski definition) is 2. The van der Waals surface area contributed by atoms with Crippen LogP contribution < -0.4 is 10.6 Å². The molecule has 2 aromatic carbocycles. The molecule has 10 heteroatoms. The first-order valence-corrected chi connectivity index (χ1v) is 9.43. The Morgan fingerprint density at radius 3 is 2.17 bits per heavy atom. The van der Waals surface area contributed by atoms with Crippen LogP contribution in [0.15, 0.2) is 42.5 Å². The summed E-state index contributed by atoms with van der Waals surface area (Å²) in [4.78, 5) is 48.9. The smallest absolute Gasteiger partial charge is 0.325 e. The average molecular weight is 452 g/mol. The summed E-state index contributed by atoms with van der Waals surface area (Å²) in [5, 5.41) is 5.42. The van der Waals surface area contributed by atoms with Crippen molar-refractivity contribution >= 4 is 52.6 Å². The Morgan fingerprint density at radius 1 is 0.933 bits per heavy atom. The van der Waals surface area contributed by atoms with Crippen LogP contribution in [-0.4, -0.2) is 55.8 Å². The van der Waals surface area contributed by atoms with Crippen LogP contribution >= 0.6 is 23.2 Å². The minimum absolute atomic E-state index is 0.162. The highest BCUT2D eigenvalue weighted by atomic mass is 35.5. The molecule has 0 aliphatic heterocycles. The fourth-order valence-electron chi connectivity index (χ4n) is 2.24. The maximum atomic E-state index is 12.0. The Balaban J connectivity index is 1.76. The van der Waals surface area contributed by atoms with Gasteiger partial charge in [0.25, 0.3) is 17.7 Å². The Bertz CT molecular complexity index is 961. The third-order valence-corrected chi connectivity index (χ3v) is 4.50. The van der Waals surface area contributed by atoms with Gasteiger partial charge in [-0.05, 0) is 42.5 Å². The van der Waals surface area contributed by atoms with Crippen molar-refractivity contribution < 1.29 is 23.9 Å². The molecular formula is C20H19Cl2N3O5. The van der Waals surface area contributed by atoms with Crippen LogP contribution in [-0.2, 0) is 14.3 Å². The van der Waals surface area contributed by atoms with E-state index in [1.807, 2.05) is 0 Å². The van der Waals surface area contributed by atoms with E-state index in [0.717, 1.165) is 0 Å². The lowest BCUT2D eigenvalue weighted by atomic mass is 10.2. The van der Waals surface area contributed by atoms with E-state index in [9.17, 15) is 19.2 Å². The maximum Gasteiger partial charge on any atom is 0.325 e. The van der Waals surface area contributed by atoms with E-state index < -0.39 is 30.9 Å². The van der Waals surface area contributed by atoms with Crippen LogP contribution in [0.1, 0.15) is 20.7 Å². The number of amides is 3. The van der Waals surface area contributed by atoms with Gasteiger partial charge < -0.3 is 20.3 Å². The number of carbonyl (C=O) groups excluding carboxylic acids is 4. The topological polar surface area (TPSA) is 105 Å². The third kappa shape index (κ3) is 6.75. The normalized spacial score (nSPS) is 10.1. The number of esters is 1. The Labute approximate surface area is 183 Å². The maximum absolute atomic E-state index is 12.0. The molecule has 0 spiro atoms. The average Bonchev–Trinajstić information content (AvgIpc) is 2.72. The van der Waals surface area contributed by atoms with Gasteiger partial charge in [-0.3, -0.25) is 19.2 Å². The number of ether oxygens (including phenoxy) is 1. The van der Waals surface area contributed by atoms with E-state index >= 15 is 0 Å². The van der Waals surface area contributed by atoms with Gasteiger partial charge in [0.1, 0.15) is 6.54 Å². The van der Waals surface area contributed by atoms with Gasteiger partial charge in [-0.15, -0.1) is 0 Å². The highest BCUT2D eigenvalue weighted by molar-refractivity contribution is 6.42. The van der Waals surface area contributed by atoms with E-state index in [4.69, 9.17) is 27.9 Å². The van der Waals surface area contributed by atoms with Gasteiger partial charge in [-0.2, -0.15) is 0 Å². The van der Waals surface area contributed by atoms with E-state index in [1.54, 1.807) is 38.4 Å². The molecule has 8 nitrogen and oxygen atoms in total. The molecule has 2 N–H and O–H groups in total. The van der Waals surface area contributed by atoms with Gasteiger partial charge in [0.05, 0.1) is 10.0 Å². The summed E-state index contributed by atoms with van der Waals surface area (Å²) in [7, 11) is 3.28. The van der Waals surface area contributed by atoms with E-state index in [2.05, 4.69) is 10.6 Å². The van der Waals surface area contributed by atoms with Gasteiger partial charge in [-0.25, -0.2) is 0 Å². The van der Waals surface area contributed by atoms with Crippen LogP contribution in [0.3, 0.4) is 0 Å². The molecule has 0 radical (unpaired) electrons. The number of anilines is 1.